The molecule has 2 aliphatic carbocycles. The van der Waals surface area contributed by atoms with Crippen molar-refractivity contribution in [2.75, 3.05) is 0 Å². The predicted molar refractivity (Wildman–Crippen MR) is 43.3 cm³/mol. The van der Waals surface area contributed by atoms with E-state index in [2.05, 4.69) is 0 Å². The first-order valence-corrected chi connectivity index (χ1v) is 5.09. The van der Waals surface area contributed by atoms with Gasteiger partial charge in [-0.05, 0) is 24.7 Å². The Balaban J connectivity index is 1.73. The van der Waals surface area contributed by atoms with Crippen LogP contribution in [-0.2, 0) is 4.74 Å². The first-order valence-electron chi connectivity index (χ1n) is 5.09. The summed E-state index contributed by atoms with van der Waals surface area (Å²) in [6.07, 6.45) is 10.2. The third kappa shape index (κ3) is 1.01. The van der Waals surface area contributed by atoms with Gasteiger partial charge in [0.1, 0.15) is 0 Å². The molecule has 0 spiro atoms. The van der Waals surface area contributed by atoms with Crippen LogP contribution >= 0.6 is 0 Å². The Labute approximate surface area is 68.1 Å². The van der Waals surface area contributed by atoms with Crippen molar-refractivity contribution < 1.29 is 4.74 Å². The molecule has 1 nitrogen and oxygen atoms in total. The highest BCUT2D eigenvalue weighted by Crippen LogP contribution is 2.48. The molecule has 2 saturated carbocycles. The van der Waals surface area contributed by atoms with Gasteiger partial charge < -0.3 is 4.74 Å². The Morgan fingerprint density at radius 1 is 0.818 bits per heavy atom. The summed E-state index contributed by atoms with van der Waals surface area (Å²) in [4.78, 5) is 0. The lowest BCUT2D eigenvalue weighted by Gasteiger charge is -2.33. The van der Waals surface area contributed by atoms with Crippen molar-refractivity contribution in [3.8, 4) is 0 Å². The van der Waals surface area contributed by atoms with Crippen LogP contribution in [0.1, 0.15) is 38.5 Å². The average Bonchev–Trinajstić information content (AvgIpc) is 2.77. The molecular weight excluding hydrogens is 136 g/mol. The normalized spacial score (nSPS) is 54.5. The van der Waals surface area contributed by atoms with Gasteiger partial charge in [-0.2, -0.15) is 0 Å². The smallest absolute Gasteiger partial charge is 0.0844 e. The molecule has 0 N–H and O–H groups in total. The number of ether oxygens (including phenoxy) is 1. The zero-order chi connectivity index (χ0) is 7.26. The molecule has 3 rings (SSSR count). The lowest BCUT2D eigenvalue weighted by atomic mass is 9.71. The summed E-state index contributed by atoms with van der Waals surface area (Å²) < 4.78 is 5.57. The van der Waals surface area contributed by atoms with E-state index in [4.69, 9.17) is 4.74 Å². The van der Waals surface area contributed by atoms with Gasteiger partial charge in [-0.15, -0.1) is 0 Å². The molecule has 0 radical (unpaired) electrons. The summed E-state index contributed by atoms with van der Waals surface area (Å²) in [7, 11) is 0. The quantitative estimate of drug-likeness (QED) is 0.485. The van der Waals surface area contributed by atoms with Crippen LogP contribution in [0.3, 0.4) is 0 Å². The molecule has 1 aliphatic heterocycles. The van der Waals surface area contributed by atoms with Crippen LogP contribution in [0.2, 0.25) is 0 Å². The minimum Gasteiger partial charge on any atom is -0.370 e. The molecule has 4 unspecified atom stereocenters. The molecule has 1 heteroatoms. The lowest BCUT2D eigenvalue weighted by molar-refractivity contribution is 0.190. The van der Waals surface area contributed by atoms with Crippen LogP contribution in [0.5, 0.6) is 0 Å². The molecule has 4 atom stereocenters. The second-order valence-electron chi connectivity index (χ2n) is 4.49. The molecule has 1 saturated heterocycles. The summed E-state index contributed by atoms with van der Waals surface area (Å²) in [5.41, 5.74) is 0. The molecule has 0 aromatic heterocycles. The highest BCUT2D eigenvalue weighted by Gasteiger charge is 2.48. The van der Waals surface area contributed by atoms with Gasteiger partial charge >= 0.3 is 0 Å². The van der Waals surface area contributed by atoms with Crippen LogP contribution < -0.4 is 0 Å². The van der Waals surface area contributed by atoms with Crippen LogP contribution in [0, 0.1) is 11.8 Å². The van der Waals surface area contributed by atoms with Crippen LogP contribution in [0.15, 0.2) is 0 Å². The van der Waals surface area contributed by atoms with Gasteiger partial charge in [-0.25, -0.2) is 0 Å². The molecule has 0 aromatic rings. The fourth-order valence-electron chi connectivity index (χ4n) is 3.10. The van der Waals surface area contributed by atoms with Gasteiger partial charge in [0.2, 0.25) is 0 Å². The maximum atomic E-state index is 5.57. The van der Waals surface area contributed by atoms with E-state index in [1.165, 1.54) is 38.5 Å². The zero-order valence-corrected chi connectivity index (χ0v) is 6.96. The summed E-state index contributed by atoms with van der Waals surface area (Å²) in [6.45, 7) is 0. The van der Waals surface area contributed by atoms with Crippen molar-refractivity contribution in [2.45, 2.75) is 50.7 Å². The Bertz CT molecular complexity index is 148. The Morgan fingerprint density at radius 2 is 1.36 bits per heavy atom. The highest BCUT2D eigenvalue weighted by atomic mass is 16.6. The SMILES string of the molecule is C1CCC2CC3OC3CC2C1. The van der Waals surface area contributed by atoms with Gasteiger partial charge in [-0.1, -0.05) is 25.7 Å². The summed E-state index contributed by atoms with van der Waals surface area (Å²) in [5, 5.41) is 0. The molecule has 3 fully saturated rings. The summed E-state index contributed by atoms with van der Waals surface area (Å²) in [6, 6.07) is 0. The van der Waals surface area contributed by atoms with Crippen molar-refractivity contribution in [1.29, 1.82) is 0 Å². The highest BCUT2D eigenvalue weighted by molar-refractivity contribution is 4.96. The number of fused-ring (bicyclic) bond motifs is 2. The third-order valence-corrected chi connectivity index (χ3v) is 3.82. The molecule has 0 bridgehead atoms. The number of hydrogen-bond acceptors (Lipinski definition) is 1. The molecule has 1 heterocycles. The fourth-order valence-corrected chi connectivity index (χ4v) is 3.10. The van der Waals surface area contributed by atoms with E-state index >= 15 is 0 Å². The Hall–Kier alpha value is -0.0400. The maximum Gasteiger partial charge on any atom is 0.0844 e. The van der Waals surface area contributed by atoms with Gasteiger partial charge in [0, 0.05) is 0 Å². The minimum absolute atomic E-state index is 0.703. The zero-order valence-electron chi connectivity index (χ0n) is 6.96. The third-order valence-electron chi connectivity index (χ3n) is 3.82. The van der Waals surface area contributed by atoms with Crippen LogP contribution in [0.25, 0.3) is 0 Å². The predicted octanol–water partition coefficient (Wildman–Crippen LogP) is 2.35. The second kappa shape index (κ2) is 2.22. The molecular formula is C10H16O. The first-order chi connectivity index (χ1) is 5.43. The Morgan fingerprint density at radius 3 is 1.91 bits per heavy atom. The fraction of sp³-hybridized carbons (Fsp3) is 1.00. The molecule has 11 heavy (non-hydrogen) atoms. The monoisotopic (exact) mass is 152 g/mol. The van der Waals surface area contributed by atoms with Gasteiger partial charge in [0.05, 0.1) is 12.2 Å². The van der Waals surface area contributed by atoms with Gasteiger partial charge in [0.25, 0.3) is 0 Å². The van der Waals surface area contributed by atoms with E-state index in [9.17, 15) is 0 Å². The van der Waals surface area contributed by atoms with Crippen LogP contribution in [-0.4, -0.2) is 12.2 Å². The largest absolute Gasteiger partial charge is 0.370 e. The average molecular weight is 152 g/mol. The number of epoxide rings is 1. The molecule has 3 aliphatic rings. The van der Waals surface area contributed by atoms with E-state index < -0.39 is 0 Å². The molecule has 62 valence electrons. The van der Waals surface area contributed by atoms with E-state index in [0.29, 0.717) is 12.2 Å². The summed E-state index contributed by atoms with van der Waals surface area (Å²) >= 11 is 0. The van der Waals surface area contributed by atoms with Crippen molar-refractivity contribution >= 4 is 0 Å². The molecule has 0 aromatic carbocycles. The van der Waals surface area contributed by atoms with E-state index in [1.54, 1.807) is 0 Å². The summed E-state index contributed by atoms with van der Waals surface area (Å²) in [5.74, 6) is 2.10. The van der Waals surface area contributed by atoms with E-state index in [0.717, 1.165) is 11.8 Å². The topological polar surface area (TPSA) is 12.5 Å². The standard InChI is InChI=1S/C10H16O/c1-2-4-8-6-10-9(11-10)5-7(8)3-1/h7-10H,1-6H2. The van der Waals surface area contributed by atoms with Crippen molar-refractivity contribution in [1.82, 2.24) is 0 Å². The maximum absolute atomic E-state index is 5.57. The Kier molecular flexibility index (Phi) is 1.31. The van der Waals surface area contributed by atoms with Crippen molar-refractivity contribution in [3.05, 3.63) is 0 Å². The van der Waals surface area contributed by atoms with E-state index in [-0.39, 0.29) is 0 Å². The van der Waals surface area contributed by atoms with Gasteiger partial charge in [-0.3, -0.25) is 0 Å². The number of hydrogen-bond donors (Lipinski definition) is 0. The number of rotatable bonds is 0. The molecule has 0 amide bonds. The van der Waals surface area contributed by atoms with Crippen LogP contribution in [0.4, 0.5) is 0 Å². The second-order valence-corrected chi connectivity index (χ2v) is 4.49. The van der Waals surface area contributed by atoms with E-state index in [1.807, 2.05) is 0 Å². The van der Waals surface area contributed by atoms with Gasteiger partial charge in [0.15, 0.2) is 0 Å². The van der Waals surface area contributed by atoms with Crippen molar-refractivity contribution in [3.63, 3.8) is 0 Å². The lowest BCUT2D eigenvalue weighted by Crippen LogP contribution is -2.27. The first kappa shape index (κ1) is 6.47. The minimum atomic E-state index is 0.703. The van der Waals surface area contributed by atoms with Crippen molar-refractivity contribution in [2.24, 2.45) is 11.8 Å².